The van der Waals surface area contributed by atoms with Gasteiger partial charge in [0.25, 0.3) is 0 Å². The van der Waals surface area contributed by atoms with Crippen LogP contribution < -0.4 is 5.32 Å². The average molecular weight is 203 g/mol. The monoisotopic (exact) mass is 203 g/mol. The molecule has 1 unspecified atom stereocenters. The predicted octanol–water partition coefficient (Wildman–Crippen LogP) is 2.29. The van der Waals surface area contributed by atoms with E-state index >= 15 is 0 Å². The molecule has 0 saturated heterocycles. The molecule has 0 saturated carbocycles. The molecule has 13 heavy (non-hydrogen) atoms. The van der Waals surface area contributed by atoms with E-state index in [-0.39, 0.29) is 11.9 Å². The van der Waals surface area contributed by atoms with Gasteiger partial charge in [0.15, 0.2) is 0 Å². The summed E-state index contributed by atoms with van der Waals surface area (Å²) in [5.74, 6) is 2.36. The van der Waals surface area contributed by atoms with Gasteiger partial charge in [0.2, 0.25) is 5.91 Å². The molecule has 0 aromatic rings. The van der Waals surface area contributed by atoms with Crippen LogP contribution >= 0.6 is 11.8 Å². The fourth-order valence-corrected chi connectivity index (χ4v) is 1.47. The average Bonchev–Trinajstić information content (AvgIpc) is 2.04. The predicted molar refractivity (Wildman–Crippen MR) is 60.1 cm³/mol. The van der Waals surface area contributed by atoms with E-state index < -0.39 is 0 Å². The molecule has 0 rings (SSSR count). The van der Waals surface area contributed by atoms with Crippen LogP contribution in [0.3, 0.4) is 0 Å². The summed E-state index contributed by atoms with van der Waals surface area (Å²) in [6.07, 6.45) is 1.14. The first kappa shape index (κ1) is 12.8. The SMILES string of the molecule is CCCSCC(=O)NC(C)C(C)C. The van der Waals surface area contributed by atoms with Crippen molar-refractivity contribution in [2.45, 2.75) is 40.2 Å². The molecular weight excluding hydrogens is 182 g/mol. The van der Waals surface area contributed by atoms with Gasteiger partial charge in [-0.05, 0) is 25.0 Å². The highest BCUT2D eigenvalue weighted by Crippen LogP contribution is 2.03. The smallest absolute Gasteiger partial charge is 0.230 e. The Hall–Kier alpha value is -0.180. The largest absolute Gasteiger partial charge is 0.353 e. The minimum Gasteiger partial charge on any atom is -0.353 e. The van der Waals surface area contributed by atoms with Gasteiger partial charge >= 0.3 is 0 Å². The highest BCUT2D eigenvalue weighted by molar-refractivity contribution is 7.99. The zero-order chi connectivity index (χ0) is 10.3. The molecule has 0 radical (unpaired) electrons. The molecule has 0 aliphatic rings. The number of hydrogen-bond donors (Lipinski definition) is 1. The molecule has 0 fully saturated rings. The summed E-state index contributed by atoms with van der Waals surface area (Å²) >= 11 is 1.70. The van der Waals surface area contributed by atoms with Crippen molar-refractivity contribution in [3.8, 4) is 0 Å². The number of carbonyl (C=O) groups is 1. The zero-order valence-electron chi connectivity index (χ0n) is 9.09. The molecule has 0 spiro atoms. The van der Waals surface area contributed by atoms with E-state index in [2.05, 4.69) is 26.1 Å². The molecule has 0 aliphatic heterocycles. The van der Waals surface area contributed by atoms with Gasteiger partial charge in [0.05, 0.1) is 5.75 Å². The molecule has 0 heterocycles. The molecular formula is C10H21NOS. The van der Waals surface area contributed by atoms with Gasteiger partial charge in [-0.1, -0.05) is 20.8 Å². The van der Waals surface area contributed by atoms with E-state index in [1.165, 1.54) is 0 Å². The summed E-state index contributed by atoms with van der Waals surface area (Å²) in [7, 11) is 0. The van der Waals surface area contributed by atoms with Crippen molar-refractivity contribution < 1.29 is 4.79 Å². The van der Waals surface area contributed by atoms with E-state index in [0.29, 0.717) is 11.7 Å². The van der Waals surface area contributed by atoms with Gasteiger partial charge in [0.1, 0.15) is 0 Å². The van der Waals surface area contributed by atoms with Crippen LogP contribution in [0.2, 0.25) is 0 Å². The molecule has 3 heteroatoms. The second-order valence-corrected chi connectivity index (χ2v) is 4.76. The Morgan fingerprint density at radius 1 is 1.38 bits per heavy atom. The Morgan fingerprint density at radius 3 is 2.46 bits per heavy atom. The lowest BCUT2D eigenvalue weighted by molar-refractivity contribution is -0.119. The van der Waals surface area contributed by atoms with Crippen LogP contribution in [0.15, 0.2) is 0 Å². The van der Waals surface area contributed by atoms with Crippen LogP contribution in [0.25, 0.3) is 0 Å². The highest BCUT2D eigenvalue weighted by atomic mass is 32.2. The number of carbonyl (C=O) groups excluding carboxylic acids is 1. The minimum atomic E-state index is 0.166. The summed E-state index contributed by atoms with van der Waals surface area (Å²) in [6, 6.07) is 0.287. The maximum absolute atomic E-state index is 11.3. The van der Waals surface area contributed by atoms with Crippen molar-refractivity contribution in [2.75, 3.05) is 11.5 Å². The van der Waals surface area contributed by atoms with Crippen molar-refractivity contribution in [1.82, 2.24) is 5.32 Å². The lowest BCUT2D eigenvalue weighted by atomic mass is 10.1. The number of hydrogen-bond acceptors (Lipinski definition) is 2. The molecule has 0 aliphatic carbocycles. The normalized spacial score (nSPS) is 13.0. The van der Waals surface area contributed by atoms with Gasteiger partial charge in [-0.15, -0.1) is 0 Å². The lowest BCUT2D eigenvalue weighted by Gasteiger charge is -2.17. The molecule has 0 bridgehead atoms. The topological polar surface area (TPSA) is 29.1 Å². The van der Waals surface area contributed by atoms with Gasteiger partial charge in [-0.3, -0.25) is 4.79 Å². The molecule has 78 valence electrons. The third-order valence-electron chi connectivity index (χ3n) is 1.97. The second-order valence-electron chi connectivity index (χ2n) is 3.65. The summed E-state index contributed by atoms with van der Waals surface area (Å²) in [5, 5.41) is 2.98. The summed E-state index contributed by atoms with van der Waals surface area (Å²) in [5.41, 5.74) is 0. The number of thioether (sulfide) groups is 1. The maximum atomic E-state index is 11.3. The summed E-state index contributed by atoms with van der Waals surface area (Å²) < 4.78 is 0. The van der Waals surface area contributed by atoms with Crippen LogP contribution in [0.4, 0.5) is 0 Å². The van der Waals surface area contributed by atoms with Crippen molar-refractivity contribution in [2.24, 2.45) is 5.92 Å². The first-order valence-electron chi connectivity index (χ1n) is 4.95. The second kappa shape index (κ2) is 7.25. The fourth-order valence-electron chi connectivity index (χ4n) is 0.771. The highest BCUT2D eigenvalue weighted by Gasteiger charge is 2.09. The minimum absolute atomic E-state index is 0.166. The van der Waals surface area contributed by atoms with E-state index in [0.717, 1.165) is 12.2 Å². The van der Waals surface area contributed by atoms with Crippen molar-refractivity contribution >= 4 is 17.7 Å². The quantitative estimate of drug-likeness (QED) is 0.671. The fraction of sp³-hybridized carbons (Fsp3) is 0.900. The van der Waals surface area contributed by atoms with Gasteiger partial charge < -0.3 is 5.32 Å². The molecule has 2 nitrogen and oxygen atoms in total. The van der Waals surface area contributed by atoms with E-state index in [1.54, 1.807) is 11.8 Å². The first-order chi connectivity index (χ1) is 6.07. The third kappa shape index (κ3) is 6.94. The standard InChI is InChI=1S/C10H21NOS/c1-5-6-13-7-10(12)11-9(4)8(2)3/h8-9H,5-7H2,1-4H3,(H,11,12). The van der Waals surface area contributed by atoms with Crippen LogP contribution in [-0.2, 0) is 4.79 Å². The summed E-state index contributed by atoms with van der Waals surface area (Å²) in [6.45, 7) is 8.41. The van der Waals surface area contributed by atoms with Crippen LogP contribution in [0.5, 0.6) is 0 Å². The Morgan fingerprint density at radius 2 is 2.00 bits per heavy atom. The Kier molecular flexibility index (Phi) is 7.14. The van der Waals surface area contributed by atoms with Crippen LogP contribution in [0, 0.1) is 5.92 Å². The van der Waals surface area contributed by atoms with E-state index in [4.69, 9.17) is 0 Å². The summed E-state index contributed by atoms with van der Waals surface area (Å²) in [4.78, 5) is 11.3. The molecule has 0 aromatic heterocycles. The van der Waals surface area contributed by atoms with E-state index in [9.17, 15) is 4.79 Å². The Bertz CT molecular complexity index is 148. The first-order valence-corrected chi connectivity index (χ1v) is 6.10. The van der Waals surface area contributed by atoms with Gasteiger partial charge in [-0.2, -0.15) is 11.8 Å². The van der Waals surface area contributed by atoms with Crippen LogP contribution in [-0.4, -0.2) is 23.5 Å². The Balaban J connectivity index is 3.50. The van der Waals surface area contributed by atoms with Gasteiger partial charge in [-0.25, -0.2) is 0 Å². The zero-order valence-corrected chi connectivity index (χ0v) is 9.91. The van der Waals surface area contributed by atoms with Crippen molar-refractivity contribution in [3.05, 3.63) is 0 Å². The van der Waals surface area contributed by atoms with Crippen molar-refractivity contribution in [3.63, 3.8) is 0 Å². The van der Waals surface area contributed by atoms with Gasteiger partial charge in [0, 0.05) is 6.04 Å². The lowest BCUT2D eigenvalue weighted by Crippen LogP contribution is -2.37. The number of nitrogens with one attached hydrogen (secondary N) is 1. The Labute approximate surface area is 85.9 Å². The molecule has 1 amide bonds. The van der Waals surface area contributed by atoms with Crippen LogP contribution in [0.1, 0.15) is 34.1 Å². The van der Waals surface area contributed by atoms with Crippen molar-refractivity contribution in [1.29, 1.82) is 0 Å². The number of rotatable bonds is 6. The molecule has 1 N–H and O–H groups in total. The van der Waals surface area contributed by atoms with E-state index in [1.807, 2.05) is 6.92 Å². The number of amides is 1. The molecule has 0 aromatic carbocycles. The maximum Gasteiger partial charge on any atom is 0.230 e. The molecule has 1 atom stereocenters. The third-order valence-corrected chi connectivity index (χ3v) is 3.13.